The Morgan fingerprint density at radius 3 is 2.48 bits per heavy atom. The third-order valence-electron chi connectivity index (χ3n) is 4.71. The van der Waals surface area contributed by atoms with Crippen molar-refractivity contribution in [2.45, 2.75) is 83.6 Å². The third-order valence-corrected chi connectivity index (χ3v) is 4.71. The van der Waals surface area contributed by atoms with Crippen molar-refractivity contribution >= 4 is 5.78 Å². The summed E-state index contributed by atoms with van der Waals surface area (Å²) in [6.07, 6.45) is -1.64. The van der Waals surface area contributed by atoms with Crippen molar-refractivity contribution in [3.63, 3.8) is 0 Å². The quantitative estimate of drug-likeness (QED) is 0.690. The van der Waals surface area contributed by atoms with Gasteiger partial charge in [0, 0.05) is 19.3 Å². The molecule has 0 aliphatic carbocycles. The lowest BCUT2D eigenvalue weighted by Crippen LogP contribution is -2.55. The topological polar surface area (TPSA) is 105 Å². The molecule has 3 N–H and O–H groups in total. The highest BCUT2D eigenvalue weighted by molar-refractivity contribution is 5.79. The average molecular weight is 332 g/mol. The van der Waals surface area contributed by atoms with E-state index >= 15 is 0 Å². The minimum Gasteiger partial charge on any atom is -0.392 e. The minimum absolute atomic E-state index is 0.0647. The number of ketones is 1. The van der Waals surface area contributed by atoms with Gasteiger partial charge in [-0.2, -0.15) is 0 Å². The average Bonchev–Trinajstić information content (AvgIpc) is 2.35. The van der Waals surface area contributed by atoms with Crippen molar-refractivity contribution < 1.29 is 34.3 Å². The van der Waals surface area contributed by atoms with E-state index in [4.69, 9.17) is 14.2 Å². The zero-order valence-corrected chi connectivity index (χ0v) is 14.1. The van der Waals surface area contributed by atoms with Crippen molar-refractivity contribution in [2.75, 3.05) is 0 Å². The summed E-state index contributed by atoms with van der Waals surface area (Å²) in [6.45, 7) is 5.70. The monoisotopic (exact) mass is 332 g/mol. The van der Waals surface area contributed by atoms with Gasteiger partial charge in [0.25, 0.3) is 6.48 Å². The van der Waals surface area contributed by atoms with Crippen LogP contribution in [-0.4, -0.2) is 57.8 Å². The highest BCUT2D eigenvalue weighted by Gasteiger charge is 2.48. The second kappa shape index (κ2) is 7.13. The van der Waals surface area contributed by atoms with Crippen molar-refractivity contribution in [3.8, 4) is 0 Å². The van der Waals surface area contributed by atoms with Crippen LogP contribution < -0.4 is 0 Å². The van der Waals surface area contributed by atoms with E-state index < -0.39 is 36.5 Å². The maximum Gasteiger partial charge on any atom is 0.269 e. The summed E-state index contributed by atoms with van der Waals surface area (Å²) in [5.74, 6) is -2.19. The van der Waals surface area contributed by atoms with Crippen LogP contribution in [0.15, 0.2) is 0 Å². The third kappa shape index (κ3) is 4.49. The fourth-order valence-corrected chi connectivity index (χ4v) is 3.60. The van der Waals surface area contributed by atoms with Crippen LogP contribution in [0.3, 0.4) is 0 Å². The summed E-state index contributed by atoms with van der Waals surface area (Å²) in [5.41, 5.74) is 0. The molecule has 2 saturated heterocycles. The van der Waals surface area contributed by atoms with Crippen LogP contribution >= 0.6 is 0 Å². The zero-order valence-electron chi connectivity index (χ0n) is 14.1. The Hall–Kier alpha value is -0.570. The fourth-order valence-electron chi connectivity index (χ4n) is 3.60. The molecule has 0 bridgehead atoms. The molecule has 0 aromatic rings. The number of carbonyl (C=O) groups is 1. The first kappa shape index (κ1) is 18.8. The molecule has 2 aliphatic rings. The molecule has 7 unspecified atom stereocenters. The van der Waals surface area contributed by atoms with Gasteiger partial charge in [0.15, 0.2) is 5.79 Å². The van der Waals surface area contributed by atoms with Gasteiger partial charge in [0.2, 0.25) is 0 Å². The number of aliphatic hydroxyl groups is 3. The lowest BCUT2D eigenvalue weighted by atomic mass is 9.83. The molecule has 0 radical (unpaired) electrons. The molecule has 0 spiro atoms. The van der Waals surface area contributed by atoms with Gasteiger partial charge in [-0.15, -0.1) is 0 Å². The molecule has 134 valence electrons. The highest BCUT2D eigenvalue weighted by atomic mass is 16.8. The molecule has 0 aromatic carbocycles. The number of aliphatic hydroxyl groups excluding tert-OH is 2. The molecule has 2 heterocycles. The molecular weight excluding hydrogens is 304 g/mol. The Labute approximate surface area is 136 Å². The smallest absolute Gasteiger partial charge is 0.269 e. The van der Waals surface area contributed by atoms with Gasteiger partial charge in [0.05, 0.1) is 30.3 Å². The van der Waals surface area contributed by atoms with Gasteiger partial charge in [-0.3, -0.25) is 4.79 Å². The minimum atomic E-state index is -1.59. The number of Topliss-reactive ketones (excluding diaryl/α,β-unsaturated/α-hetero) is 1. The summed E-state index contributed by atoms with van der Waals surface area (Å²) in [4.78, 5) is 11.6. The predicted octanol–water partition coefficient (Wildman–Crippen LogP) is 0.546. The van der Waals surface area contributed by atoms with E-state index in [1.807, 2.05) is 13.8 Å². The lowest BCUT2D eigenvalue weighted by molar-refractivity contribution is -0.357. The molecule has 2 rings (SSSR count). The van der Waals surface area contributed by atoms with Gasteiger partial charge < -0.3 is 29.5 Å². The molecule has 7 heteroatoms. The fraction of sp³-hybridized carbons (Fsp3) is 0.938. The standard InChI is InChI=1S/C16H28O7/c1-8(2)13-5-11(21-15(19)22-13)6-16(20)7-12(18)14(9(3)17)10(4)23-16/h8,10-15,18-20H,5-7H2,1-4H3. The number of ether oxygens (including phenoxy) is 3. The highest BCUT2D eigenvalue weighted by Crippen LogP contribution is 2.37. The van der Waals surface area contributed by atoms with Crippen molar-refractivity contribution in [3.05, 3.63) is 0 Å². The summed E-state index contributed by atoms with van der Waals surface area (Å²) in [6, 6.07) is 0. The SMILES string of the molecule is CC(=O)C1C(O)CC(O)(CC2CC(C(C)C)OC(O)O2)OC1C. The van der Waals surface area contributed by atoms with Gasteiger partial charge in [0.1, 0.15) is 5.78 Å². The van der Waals surface area contributed by atoms with Crippen LogP contribution in [0.25, 0.3) is 0 Å². The van der Waals surface area contributed by atoms with E-state index in [2.05, 4.69) is 0 Å². The van der Waals surface area contributed by atoms with E-state index in [-0.39, 0.29) is 30.6 Å². The number of carbonyl (C=O) groups excluding carboxylic acids is 1. The van der Waals surface area contributed by atoms with Gasteiger partial charge in [-0.25, -0.2) is 0 Å². The molecule has 2 aliphatic heterocycles. The molecule has 7 nitrogen and oxygen atoms in total. The molecular formula is C16H28O7. The number of rotatable bonds is 4. The number of hydrogen-bond acceptors (Lipinski definition) is 7. The summed E-state index contributed by atoms with van der Waals surface area (Å²) in [5, 5.41) is 30.5. The van der Waals surface area contributed by atoms with Crippen LogP contribution in [-0.2, 0) is 19.0 Å². The van der Waals surface area contributed by atoms with E-state index in [1.54, 1.807) is 6.92 Å². The molecule has 23 heavy (non-hydrogen) atoms. The molecule has 0 saturated carbocycles. The van der Waals surface area contributed by atoms with Crippen molar-refractivity contribution in [1.82, 2.24) is 0 Å². The predicted molar refractivity (Wildman–Crippen MR) is 80.1 cm³/mol. The van der Waals surface area contributed by atoms with Gasteiger partial charge in [-0.1, -0.05) is 13.8 Å². The van der Waals surface area contributed by atoms with Gasteiger partial charge >= 0.3 is 0 Å². The Morgan fingerprint density at radius 2 is 1.96 bits per heavy atom. The van der Waals surface area contributed by atoms with Crippen LogP contribution in [0.2, 0.25) is 0 Å². The maximum atomic E-state index is 11.6. The Morgan fingerprint density at radius 1 is 1.30 bits per heavy atom. The molecule has 2 fully saturated rings. The first-order chi connectivity index (χ1) is 10.6. The van der Waals surface area contributed by atoms with Crippen LogP contribution in [0, 0.1) is 11.8 Å². The molecule has 0 aromatic heterocycles. The zero-order chi connectivity index (χ0) is 17.4. The number of hydrogen-bond donors (Lipinski definition) is 3. The maximum absolute atomic E-state index is 11.6. The van der Waals surface area contributed by atoms with Crippen LogP contribution in [0.1, 0.15) is 47.0 Å². The van der Waals surface area contributed by atoms with E-state index in [1.165, 1.54) is 6.92 Å². The van der Waals surface area contributed by atoms with Gasteiger partial charge in [-0.05, 0) is 19.8 Å². The Balaban J connectivity index is 2.02. The second-order valence-corrected chi connectivity index (χ2v) is 7.10. The van der Waals surface area contributed by atoms with Crippen LogP contribution in [0.5, 0.6) is 0 Å². The Bertz CT molecular complexity index is 413. The summed E-state index contributed by atoms with van der Waals surface area (Å²) in [7, 11) is 0. The van der Waals surface area contributed by atoms with Crippen molar-refractivity contribution in [2.24, 2.45) is 11.8 Å². The van der Waals surface area contributed by atoms with Crippen molar-refractivity contribution in [1.29, 1.82) is 0 Å². The van der Waals surface area contributed by atoms with E-state index in [9.17, 15) is 20.1 Å². The summed E-state index contributed by atoms with van der Waals surface area (Å²) < 4.78 is 16.3. The Kier molecular flexibility index (Phi) is 5.81. The normalized spacial score (nSPS) is 45.2. The van der Waals surface area contributed by atoms with E-state index in [0.717, 1.165) is 0 Å². The molecule has 7 atom stereocenters. The largest absolute Gasteiger partial charge is 0.392 e. The molecule has 0 amide bonds. The van der Waals surface area contributed by atoms with Crippen LogP contribution in [0.4, 0.5) is 0 Å². The lowest BCUT2D eigenvalue weighted by Gasteiger charge is -2.45. The summed E-state index contributed by atoms with van der Waals surface area (Å²) >= 11 is 0. The van der Waals surface area contributed by atoms with E-state index in [0.29, 0.717) is 6.42 Å². The first-order valence-corrected chi connectivity index (χ1v) is 8.19. The second-order valence-electron chi connectivity index (χ2n) is 7.10. The first-order valence-electron chi connectivity index (χ1n) is 8.19.